The summed E-state index contributed by atoms with van der Waals surface area (Å²) in [5, 5.41) is 5.38. The summed E-state index contributed by atoms with van der Waals surface area (Å²) < 4.78 is 29.0. The van der Waals surface area contributed by atoms with Gasteiger partial charge in [0.05, 0.1) is 16.3 Å². The van der Waals surface area contributed by atoms with Crippen LogP contribution in [0.2, 0.25) is 5.02 Å². The van der Waals surface area contributed by atoms with E-state index < -0.39 is 10.0 Å². The van der Waals surface area contributed by atoms with Crippen LogP contribution in [0.3, 0.4) is 0 Å². The molecule has 0 fully saturated rings. The molecule has 1 aliphatic heterocycles. The van der Waals surface area contributed by atoms with Crippen LogP contribution in [0, 0.1) is 6.92 Å². The smallest absolute Gasteiger partial charge is 0.264 e. The Morgan fingerprint density at radius 1 is 0.971 bits per heavy atom. The first-order valence-electron chi connectivity index (χ1n) is 10.5. The topological polar surface area (TPSA) is 72.3 Å². The van der Waals surface area contributed by atoms with E-state index in [1.165, 1.54) is 17.4 Å². The fourth-order valence-electron chi connectivity index (χ4n) is 4.07. The Bertz CT molecular complexity index is 1550. The van der Waals surface area contributed by atoms with Crippen LogP contribution in [0.15, 0.2) is 83.8 Å². The molecule has 0 unspecified atom stereocenters. The number of carbonyl (C=O) groups is 1. The predicted octanol–water partition coefficient (Wildman–Crippen LogP) is 5.54. The van der Waals surface area contributed by atoms with E-state index >= 15 is 0 Å². The van der Waals surface area contributed by atoms with Gasteiger partial charge in [0.1, 0.15) is 11.4 Å². The third kappa shape index (κ3) is 3.63. The van der Waals surface area contributed by atoms with E-state index in [0.717, 1.165) is 11.3 Å². The third-order valence-corrected chi connectivity index (χ3v) is 7.94. The zero-order chi connectivity index (χ0) is 24.0. The molecule has 8 heteroatoms. The van der Waals surface area contributed by atoms with Gasteiger partial charge in [0.15, 0.2) is 5.78 Å². The van der Waals surface area contributed by atoms with Gasteiger partial charge >= 0.3 is 0 Å². The second-order valence-electron chi connectivity index (χ2n) is 7.96. The lowest BCUT2D eigenvalue weighted by molar-refractivity contribution is 0.104. The van der Waals surface area contributed by atoms with Crippen molar-refractivity contribution in [3.05, 3.63) is 101 Å². The summed E-state index contributed by atoms with van der Waals surface area (Å²) in [6.45, 7) is 1.83. The van der Waals surface area contributed by atoms with E-state index in [1.54, 1.807) is 71.4 Å². The zero-order valence-electron chi connectivity index (χ0n) is 18.4. The van der Waals surface area contributed by atoms with E-state index in [2.05, 4.69) is 0 Å². The van der Waals surface area contributed by atoms with E-state index in [-0.39, 0.29) is 10.7 Å². The van der Waals surface area contributed by atoms with Crippen LogP contribution in [-0.4, -0.2) is 31.0 Å². The Morgan fingerprint density at radius 3 is 2.35 bits per heavy atom. The highest BCUT2D eigenvalue weighted by molar-refractivity contribution is 7.93. The number of halogens is 1. The highest BCUT2D eigenvalue weighted by Gasteiger charge is 2.36. The summed E-state index contributed by atoms with van der Waals surface area (Å²) in [7, 11) is -2.12. The van der Waals surface area contributed by atoms with Gasteiger partial charge in [-0.3, -0.25) is 9.10 Å². The largest absolute Gasteiger partial charge is 0.289 e. The van der Waals surface area contributed by atoms with E-state index in [0.29, 0.717) is 33.2 Å². The first-order chi connectivity index (χ1) is 16.3. The summed E-state index contributed by atoms with van der Waals surface area (Å²) in [6.07, 6.45) is 3.26. The highest BCUT2D eigenvalue weighted by Crippen LogP contribution is 2.43. The average molecular weight is 490 g/mol. The number of carbonyl (C=O) groups excluding carboxylic acids is 1. The molecule has 3 aromatic carbocycles. The molecule has 4 aromatic rings. The molecule has 0 N–H and O–H groups in total. The van der Waals surface area contributed by atoms with Crippen molar-refractivity contribution in [2.75, 3.05) is 11.4 Å². The van der Waals surface area contributed by atoms with E-state index in [1.807, 2.05) is 19.1 Å². The zero-order valence-corrected chi connectivity index (χ0v) is 20.0. The van der Waals surface area contributed by atoms with Crippen LogP contribution in [-0.2, 0) is 10.0 Å². The lowest BCUT2D eigenvalue weighted by atomic mass is 10.1. The SMILES string of the molecule is Cc1c2c(nn1-c1ccc(C(=O)/C=C/c3ccc(Cl)cc3)cc1)-c1ccccc1S(=O)(=O)N2C. The predicted molar refractivity (Wildman–Crippen MR) is 134 cm³/mol. The number of hydrogen-bond acceptors (Lipinski definition) is 4. The lowest BCUT2D eigenvalue weighted by Crippen LogP contribution is -2.30. The number of fused-ring (bicyclic) bond motifs is 3. The number of aromatic nitrogens is 2. The van der Waals surface area contributed by atoms with Gasteiger partial charge in [-0.05, 0) is 61.0 Å². The number of rotatable bonds is 4. The minimum atomic E-state index is -3.65. The van der Waals surface area contributed by atoms with Crippen LogP contribution in [0.1, 0.15) is 21.6 Å². The Labute approximate surface area is 202 Å². The summed E-state index contributed by atoms with van der Waals surface area (Å²) in [4.78, 5) is 12.8. The fourth-order valence-corrected chi connectivity index (χ4v) is 5.64. The van der Waals surface area contributed by atoms with Gasteiger partial charge < -0.3 is 0 Å². The van der Waals surface area contributed by atoms with E-state index in [9.17, 15) is 13.2 Å². The van der Waals surface area contributed by atoms with Crippen molar-refractivity contribution in [3.63, 3.8) is 0 Å². The first-order valence-corrected chi connectivity index (χ1v) is 12.4. The van der Waals surface area contributed by atoms with Crippen molar-refractivity contribution in [3.8, 4) is 16.9 Å². The molecule has 6 nitrogen and oxygen atoms in total. The number of sulfonamides is 1. The molecule has 2 heterocycles. The fraction of sp³-hybridized carbons (Fsp3) is 0.0769. The van der Waals surface area contributed by atoms with Gasteiger partial charge in [-0.1, -0.05) is 48.0 Å². The number of hydrogen-bond donors (Lipinski definition) is 0. The van der Waals surface area contributed by atoms with Gasteiger partial charge in [-0.25, -0.2) is 13.1 Å². The van der Waals surface area contributed by atoms with Crippen molar-refractivity contribution in [2.24, 2.45) is 0 Å². The maximum absolute atomic E-state index is 13.0. The molecule has 0 aliphatic carbocycles. The second kappa shape index (κ2) is 8.27. The van der Waals surface area contributed by atoms with Gasteiger partial charge in [0.2, 0.25) is 0 Å². The molecular weight excluding hydrogens is 470 g/mol. The Morgan fingerprint density at radius 2 is 1.65 bits per heavy atom. The van der Waals surface area contributed by atoms with Gasteiger partial charge in [-0.15, -0.1) is 0 Å². The quantitative estimate of drug-likeness (QED) is 0.279. The molecular formula is C26H20ClN3O3S. The Hall–Kier alpha value is -3.68. The number of anilines is 1. The third-order valence-electron chi connectivity index (χ3n) is 5.87. The molecule has 0 saturated heterocycles. The van der Waals surface area contributed by atoms with Gasteiger partial charge in [0, 0.05) is 23.2 Å². The molecule has 34 heavy (non-hydrogen) atoms. The molecule has 0 amide bonds. The molecule has 1 aliphatic rings. The summed E-state index contributed by atoms with van der Waals surface area (Å²) in [6, 6.07) is 21.2. The van der Waals surface area contributed by atoms with Gasteiger partial charge in [-0.2, -0.15) is 5.10 Å². The van der Waals surface area contributed by atoms with Crippen LogP contribution in [0.25, 0.3) is 23.0 Å². The number of benzene rings is 3. The first kappa shape index (κ1) is 22.1. The molecule has 0 atom stereocenters. The summed E-state index contributed by atoms with van der Waals surface area (Å²) in [5.74, 6) is -0.127. The van der Waals surface area contributed by atoms with Gasteiger partial charge in [0.25, 0.3) is 10.0 Å². The second-order valence-corrected chi connectivity index (χ2v) is 10.3. The summed E-state index contributed by atoms with van der Waals surface area (Å²) >= 11 is 5.90. The minimum absolute atomic E-state index is 0.127. The molecule has 0 spiro atoms. The van der Waals surface area contributed by atoms with E-state index in [4.69, 9.17) is 16.7 Å². The van der Waals surface area contributed by atoms with Crippen molar-refractivity contribution in [1.82, 2.24) is 9.78 Å². The standard InChI is InChI=1S/C26H20ClN3O3S/c1-17-26-25(22-5-3-4-6-24(22)34(32,33)29(26)2)28-30(17)21-14-10-19(11-15-21)23(31)16-9-18-7-12-20(27)13-8-18/h3-16H,1-2H3/b16-9+. The van der Waals surface area contributed by atoms with Crippen LogP contribution in [0.4, 0.5) is 5.69 Å². The normalized spacial score (nSPS) is 14.1. The summed E-state index contributed by atoms with van der Waals surface area (Å²) in [5.41, 5.74) is 4.57. The maximum atomic E-state index is 13.0. The average Bonchev–Trinajstić information content (AvgIpc) is 3.19. The number of nitrogens with zero attached hydrogens (tertiary/aromatic N) is 3. The van der Waals surface area contributed by atoms with Crippen LogP contribution < -0.4 is 4.31 Å². The minimum Gasteiger partial charge on any atom is -0.289 e. The highest BCUT2D eigenvalue weighted by atomic mass is 35.5. The molecule has 1 aromatic heterocycles. The van der Waals surface area contributed by atoms with Crippen molar-refractivity contribution in [2.45, 2.75) is 11.8 Å². The number of allylic oxidation sites excluding steroid dienone is 1. The van der Waals surface area contributed by atoms with Crippen molar-refractivity contribution < 1.29 is 13.2 Å². The Balaban J connectivity index is 1.48. The maximum Gasteiger partial charge on any atom is 0.264 e. The number of ketones is 1. The van der Waals surface area contributed by atoms with Crippen LogP contribution >= 0.6 is 11.6 Å². The molecule has 170 valence electrons. The Kier molecular flexibility index (Phi) is 5.38. The van der Waals surface area contributed by atoms with Crippen molar-refractivity contribution in [1.29, 1.82) is 0 Å². The monoisotopic (exact) mass is 489 g/mol. The molecule has 0 bridgehead atoms. The molecule has 5 rings (SSSR count). The van der Waals surface area contributed by atoms with Crippen LogP contribution in [0.5, 0.6) is 0 Å². The molecule has 0 saturated carbocycles. The van der Waals surface area contributed by atoms with Crippen molar-refractivity contribution >= 4 is 39.2 Å². The lowest BCUT2D eigenvalue weighted by Gasteiger charge is -2.26. The molecule has 0 radical (unpaired) electrons.